The lowest BCUT2D eigenvalue weighted by molar-refractivity contribution is -0.331. The fourth-order valence-electron chi connectivity index (χ4n) is 8.14. The van der Waals surface area contributed by atoms with Crippen LogP contribution in [-0.2, 0) is 44.4 Å². The highest BCUT2D eigenvalue weighted by molar-refractivity contribution is 6.39. The summed E-state index contributed by atoms with van der Waals surface area (Å²) in [5, 5.41) is 85.7. The summed E-state index contributed by atoms with van der Waals surface area (Å²) in [5.74, 6) is -3.68. The van der Waals surface area contributed by atoms with Crippen LogP contribution in [0.1, 0.15) is 97.5 Å². The number of phenolic OH excluding ortho intramolecular Hbond substituents is 2. The second-order valence-corrected chi connectivity index (χ2v) is 18.6. The lowest BCUT2D eigenvalue weighted by Crippen LogP contribution is -2.63. The molecule has 0 bridgehead atoms. The first kappa shape index (κ1) is 56.2. The van der Waals surface area contributed by atoms with E-state index in [9.17, 15) is 50.4 Å². The third kappa shape index (κ3) is 13.5. The quantitative estimate of drug-likeness (QED) is 0.107. The van der Waals surface area contributed by atoms with Crippen LogP contribution in [0.4, 0.5) is 0 Å². The second kappa shape index (κ2) is 24.4. The van der Waals surface area contributed by atoms with E-state index in [1.165, 1.54) is 33.1 Å². The van der Waals surface area contributed by atoms with E-state index in [4.69, 9.17) is 56.4 Å². The van der Waals surface area contributed by atoms with Crippen LogP contribution in [0.5, 0.6) is 11.5 Å². The van der Waals surface area contributed by atoms with Crippen molar-refractivity contribution >= 4 is 35.1 Å². The van der Waals surface area contributed by atoms with Crippen molar-refractivity contribution in [3.05, 3.63) is 79.9 Å². The van der Waals surface area contributed by atoms with Crippen LogP contribution in [0.25, 0.3) is 0 Å². The van der Waals surface area contributed by atoms with Crippen LogP contribution in [0.2, 0.25) is 10.0 Å². The number of carbonyl (C=O) groups is 2. The topological polar surface area (TPSA) is 261 Å². The molecule has 8 N–H and O–H groups in total. The van der Waals surface area contributed by atoms with E-state index >= 15 is 0 Å². The van der Waals surface area contributed by atoms with Crippen molar-refractivity contribution in [3.8, 4) is 11.5 Å². The number of hydrogen-bond donors (Lipinski definition) is 8. The van der Waals surface area contributed by atoms with Crippen molar-refractivity contribution in [2.24, 2.45) is 5.92 Å². The summed E-state index contributed by atoms with van der Waals surface area (Å²) in [6, 6.07) is 0. The molecule has 0 spiro atoms. The normalized spacial score (nSPS) is 36.6. The Hall–Kier alpha value is -3.40. The van der Waals surface area contributed by atoms with Crippen molar-refractivity contribution in [3.63, 3.8) is 0 Å². The number of esters is 2. The van der Waals surface area contributed by atoms with Gasteiger partial charge < -0.3 is 74.0 Å². The number of aliphatic hydroxyl groups is 6. The largest absolute Gasteiger partial charge is 0.505 e. The van der Waals surface area contributed by atoms with Crippen LogP contribution in [0.3, 0.4) is 0 Å². The van der Waals surface area contributed by atoms with Gasteiger partial charge in [-0.15, -0.1) is 0 Å². The predicted molar refractivity (Wildman–Crippen MR) is 246 cm³/mol. The van der Waals surface area contributed by atoms with Crippen LogP contribution >= 0.6 is 23.2 Å². The molecule has 14 atom stereocenters. The Morgan fingerprint density at radius 3 is 2.22 bits per heavy atom. The fourth-order valence-corrected chi connectivity index (χ4v) is 8.70. The fraction of sp³-hybridized carbons (Fsp3) is 0.625. The van der Waals surface area contributed by atoms with Crippen molar-refractivity contribution in [2.45, 2.75) is 173 Å². The molecule has 67 heavy (non-hydrogen) atoms. The van der Waals surface area contributed by atoms with Crippen molar-refractivity contribution in [1.29, 1.82) is 0 Å². The van der Waals surface area contributed by atoms with Crippen molar-refractivity contribution in [2.75, 3.05) is 13.7 Å². The monoisotopic (exact) mass is 986 g/mol. The smallest absolute Gasteiger partial charge is 0.342 e. The van der Waals surface area contributed by atoms with Gasteiger partial charge in [0.05, 0.1) is 47.2 Å². The Bertz CT molecular complexity index is 2050. The van der Waals surface area contributed by atoms with Gasteiger partial charge >= 0.3 is 11.9 Å². The van der Waals surface area contributed by atoms with E-state index in [0.29, 0.717) is 23.1 Å². The highest BCUT2D eigenvalue weighted by Gasteiger charge is 2.50. The number of cyclic esters (lactones) is 1. The van der Waals surface area contributed by atoms with Crippen LogP contribution in [-0.4, -0.2) is 152 Å². The minimum atomic E-state index is -1.57. The van der Waals surface area contributed by atoms with Gasteiger partial charge in [-0.3, -0.25) is 0 Å². The van der Waals surface area contributed by atoms with Gasteiger partial charge in [0.1, 0.15) is 47.2 Å². The van der Waals surface area contributed by atoms with E-state index in [1.54, 1.807) is 39.8 Å². The van der Waals surface area contributed by atoms with Gasteiger partial charge in [0, 0.05) is 19.4 Å². The Morgan fingerprint density at radius 2 is 1.61 bits per heavy atom. The van der Waals surface area contributed by atoms with Gasteiger partial charge in [-0.2, -0.15) is 0 Å². The molecular formula is C48H68Cl2O17. The molecule has 19 heteroatoms. The molecule has 0 aliphatic carbocycles. The summed E-state index contributed by atoms with van der Waals surface area (Å²) >= 11 is 12.3. The zero-order valence-corrected chi connectivity index (χ0v) is 41.1. The van der Waals surface area contributed by atoms with E-state index in [0.717, 1.165) is 0 Å². The molecule has 0 unspecified atom stereocenters. The highest BCUT2D eigenvalue weighted by atomic mass is 35.5. The summed E-state index contributed by atoms with van der Waals surface area (Å²) in [6.07, 6.45) is -5.33. The summed E-state index contributed by atoms with van der Waals surface area (Å²) in [5.41, 5.74) is 0.400. The molecular weight excluding hydrogens is 919 g/mol. The Labute approximate surface area is 401 Å². The molecule has 1 aromatic carbocycles. The number of hydrogen-bond acceptors (Lipinski definition) is 17. The van der Waals surface area contributed by atoms with E-state index in [1.807, 2.05) is 32.9 Å². The maximum absolute atomic E-state index is 13.9. The SMILES string of the molecule is CCc1c(Cl)c(O)c(Cl)c(O)c1C(=O)O[C@@H]1[C@@H](O)[C@@H](OC)[C@@H](OC/C2=C\C=C/C[C@H](O)/C(C)=C/[C@H](CC)[C@@H](O[C@@H]3OC(C)(C)[C@@H](O)[C@H](O)[C@@H]3O)/C(C)=C/C(C)=C/C[C@@H]([C@@H](C)O)OC2=O)O[C@H]1C. The first-order valence-corrected chi connectivity index (χ1v) is 23.1. The van der Waals surface area contributed by atoms with Gasteiger partial charge in [-0.05, 0) is 90.5 Å². The molecule has 0 saturated carbocycles. The average Bonchev–Trinajstić information content (AvgIpc) is 3.27. The number of carbonyl (C=O) groups excluding carboxylic acids is 2. The maximum atomic E-state index is 13.9. The molecule has 17 nitrogen and oxygen atoms in total. The standard InChI is InChI=1S/C48H68Cl2O17/c1-11-27-20-23(4)30(52)16-14-13-15-28(21-62-47-42(61-10)39(57)41(26(7)63-47)65-45(60)32-29(12-2)33(49)36(54)34(50)35(32)53)44(59)64-31(25(6)51)18-17-22(3)19-24(5)40(27)66-46-38(56)37(55)43(58)48(8,9)67-46/h13-15,17,19-20,25-27,30-31,37-43,46-47,51-58H,11-12,16,18,21H2,1-10H3/b14-13-,22-17+,23-20+,24-19+,28-15+/t25-,26+,27+,30+,31+,37-,38+,39-,40+,41+,42-,43+,46-,47+/m1/s1. The minimum absolute atomic E-state index is 0.0296. The molecule has 4 rings (SSSR count). The minimum Gasteiger partial charge on any atom is -0.505 e. The van der Waals surface area contributed by atoms with E-state index < -0.39 is 126 Å². The zero-order valence-electron chi connectivity index (χ0n) is 39.6. The highest BCUT2D eigenvalue weighted by Crippen LogP contribution is 2.45. The molecule has 3 aliphatic heterocycles. The Kier molecular flexibility index (Phi) is 20.5. The molecule has 0 amide bonds. The van der Waals surface area contributed by atoms with Crippen LogP contribution in [0.15, 0.2) is 58.7 Å². The number of methoxy groups -OCH3 is 1. The maximum Gasteiger partial charge on any atom is 0.342 e. The van der Waals surface area contributed by atoms with E-state index in [-0.39, 0.29) is 41.3 Å². The van der Waals surface area contributed by atoms with Gasteiger partial charge in [0.2, 0.25) is 0 Å². The summed E-state index contributed by atoms with van der Waals surface area (Å²) in [6.45, 7) is 14.7. The second-order valence-electron chi connectivity index (χ2n) is 17.8. The molecule has 0 radical (unpaired) electrons. The zero-order chi connectivity index (χ0) is 50.2. The number of halogens is 2. The number of phenols is 2. The molecule has 0 aromatic heterocycles. The molecule has 3 heterocycles. The third-order valence-electron chi connectivity index (χ3n) is 12.3. The van der Waals surface area contributed by atoms with E-state index in [2.05, 4.69) is 0 Å². The molecule has 1 aromatic rings. The number of aromatic hydroxyl groups is 2. The molecule has 3 aliphatic rings. The molecule has 2 fully saturated rings. The van der Waals surface area contributed by atoms with Gasteiger partial charge in [0.15, 0.2) is 30.2 Å². The van der Waals surface area contributed by atoms with Gasteiger partial charge in [0.25, 0.3) is 0 Å². The average molecular weight is 988 g/mol. The Morgan fingerprint density at radius 1 is 0.940 bits per heavy atom. The molecule has 2 saturated heterocycles. The predicted octanol–water partition coefficient (Wildman–Crippen LogP) is 5.03. The van der Waals surface area contributed by atoms with Gasteiger partial charge in [-0.25, -0.2) is 9.59 Å². The number of benzene rings is 1. The third-order valence-corrected chi connectivity index (χ3v) is 13.1. The number of aliphatic hydroxyl groups excluding tert-OH is 6. The first-order valence-electron chi connectivity index (χ1n) is 22.3. The summed E-state index contributed by atoms with van der Waals surface area (Å²) in [4.78, 5) is 27.3. The summed E-state index contributed by atoms with van der Waals surface area (Å²) in [7, 11) is 1.26. The summed E-state index contributed by atoms with van der Waals surface area (Å²) < 4.78 is 41.5. The lowest BCUT2D eigenvalue weighted by atomic mass is 9.88. The van der Waals surface area contributed by atoms with Crippen molar-refractivity contribution in [1.82, 2.24) is 0 Å². The van der Waals surface area contributed by atoms with Crippen molar-refractivity contribution < 1.29 is 83.6 Å². The molecule has 376 valence electrons. The Balaban J connectivity index is 1.60. The lowest BCUT2D eigenvalue weighted by Gasteiger charge is -2.46. The number of ether oxygens (including phenoxy) is 7. The van der Waals surface area contributed by atoms with Crippen LogP contribution in [0, 0.1) is 5.92 Å². The first-order chi connectivity index (χ1) is 31.4. The van der Waals surface area contributed by atoms with Crippen LogP contribution < -0.4 is 0 Å². The van der Waals surface area contributed by atoms with Gasteiger partial charge in [-0.1, -0.05) is 73.0 Å². The number of allylic oxidation sites excluding steroid dienone is 4. The number of rotatable bonds is 11.